The lowest BCUT2D eigenvalue weighted by atomic mass is 9.78. The SMILES string of the molecule is CNCC1(Cc2ccc(Br)cn2)CC2CC2C1. The number of rotatable bonds is 4. The highest BCUT2D eigenvalue weighted by atomic mass is 79.9. The molecule has 1 N–H and O–H groups in total. The predicted molar refractivity (Wildman–Crippen MR) is 72.8 cm³/mol. The summed E-state index contributed by atoms with van der Waals surface area (Å²) in [6, 6.07) is 4.26. The zero-order chi connectivity index (χ0) is 11.9. The van der Waals surface area contributed by atoms with Crippen LogP contribution in [0.3, 0.4) is 0 Å². The third kappa shape index (κ3) is 2.41. The Kier molecular flexibility index (Phi) is 2.99. The van der Waals surface area contributed by atoms with E-state index in [1.165, 1.54) is 25.0 Å². The normalized spacial score (nSPS) is 34.7. The average Bonchev–Trinajstić information content (AvgIpc) is 2.91. The van der Waals surface area contributed by atoms with Gasteiger partial charge in [-0.2, -0.15) is 0 Å². The third-order valence-corrected chi connectivity index (χ3v) is 4.83. The van der Waals surface area contributed by atoms with E-state index in [0.29, 0.717) is 5.41 Å². The van der Waals surface area contributed by atoms with Crippen molar-refractivity contribution in [1.82, 2.24) is 10.3 Å². The van der Waals surface area contributed by atoms with Crippen LogP contribution in [0.2, 0.25) is 0 Å². The number of aromatic nitrogens is 1. The molecule has 0 bridgehead atoms. The van der Waals surface area contributed by atoms with Crippen LogP contribution in [0.4, 0.5) is 0 Å². The van der Waals surface area contributed by atoms with E-state index in [9.17, 15) is 0 Å². The minimum absolute atomic E-state index is 0.475. The molecule has 2 atom stereocenters. The van der Waals surface area contributed by atoms with E-state index < -0.39 is 0 Å². The molecule has 0 amide bonds. The lowest BCUT2D eigenvalue weighted by Gasteiger charge is -2.30. The summed E-state index contributed by atoms with van der Waals surface area (Å²) in [6.07, 6.45) is 7.33. The Labute approximate surface area is 111 Å². The van der Waals surface area contributed by atoms with Gasteiger partial charge in [-0.15, -0.1) is 0 Å². The highest BCUT2D eigenvalue weighted by Crippen LogP contribution is 2.60. The Hall–Kier alpha value is -0.410. The molecule has 2 saturated carbocycles. The number of hydrogen-bond donors (Lipinski definition) is 1. The quantitative estimate of drug-likeness (QED) is 0.923. The molecule has 2 aliphatic rings. The van der Waals surface area contributed by atoms with Crippen LogP contribution in [-0.4, -0.2) is 18.6 Å². The molecule has 0 spiro atoms. The molecule has 17 heavy (non-hydrogen) atoms. The van der Waals surface area contributed by atoms with E-state index in [1.54, 1.807) is 0 Å². The van der Waals surface area contributed by atoms with Gasteiger partial charge in [0.15, 0.2) is 0 Å². The molecule has 1 aromatic rings. The van der Waals surface area contributed by atoms with Crippen LogP contribution in [0.5, 0.6) is 0 Å². The zero-order valence-electron chi connectivity index (χ0n) is 10.2. The van der Waals surface area contributed by atoms with Gasteiger partial charge in [-0.1, -0.05) is 0 Å². The molecule has 0 radical (unpaired) electrons. The number of pyridine rings is 1. The minimum atomic E-state index is 0.475. The van der Waals surface area contributed by atoms with Crippen molar-refractivity contribution in [2.45, 2.75) is 25.7 Å². The maximum atomic E-state index is 4.53. The van der Waals surface area contributed by atoms with Crippen molar-refractivity contribution in [1.29, 1.82) is 0 Å². The zero-order valence-corrected chi connectivity index (χ0v) is 11.8. The smallest absolute Gasteiger partial charge is 0.0413 e. The van der Waals surface area contributed by atoms with Gasteiger partial charge in [0.1, 0.15) is 0 Å². The largest absolute Gasteiger partial charge is 0.319 e. The van der Waals surface area contributed by atoms with Gasteiger partial charge in [0, 0.05) is 22.9 Å². The summed E-state index contributed by atoms with van der Waals surface area (Å²) in [4.78, 5) is 4.53. The fourth-order valence-electron chi connectivity index (χ4n) is 3.63. The van der Waals surface area contributed by atoms with E-state index in [2.05, 4.69) is 45.4 Å². The van der Waals surface area contributed by atoms with Gasteiger partial charge >= 0.3 is 0 Å². The first-order valence-corrected chi connectivity index (χ1v) is 7.25. The van der Waals surface area contributed by atoms with Gasteiger partial charge in [-0.05, 0) is 78.0 Å². The summed E-state index contributed by atoms with van der Waals surface area (Å²) in [5.41, 5.74) is 1.72. The Bertz CT molecular complexity index is 391. The standard InChI is InChI=1S/C14H19BrN2/c1-16-9-14(5-10-4-11(10)6-14)7-13-3-2-12(15)8-17-13/h2-3,8,10-11,16H,4-7,9H2,1H3. The van der Waals surface area contributed by atoms with Crippen LogP contribution in [0.25, 0.3) is 0 Å². The first-order valence-electron chi connectivity index (χ1n) is 6.46. The van der Waals surface area contributed by atoms with Crippen molar-refractivity contribution in [2.24, 2.45) is 17.3 Å². The molecule has 2 unspecified atom stereocenters. The molecular formula is C14H19BrN2. The van der Waals surface area contributed by atoms with Crippen molar-refractivity contribution in [3.8, 4) is 0 Å². The molecule has 0 aliphatic heterocycles. The molecular weight excluding hydrogens is 276 g/mol. The molecule has 1 aromatic heterocycles. The van der Waals surface area contributed by atoms with Crippen molar-refractivity contribution in [2.75, 3.05) is 13.6 Å². The molecule has 1 heterocycles. The topological polar surface area (TPSA) is 24.9 Å². The van der Waals surface area contributed by atoms with Crippen LogP contribution >= 0.6 is 15.9 Å². The monoisotopic (exact) mass is 294 g/mol. The van der Waals surface area contributed by atoms with Gasteiger partial charge in [-0.25, -0.2) is 0 Å². The predicted octanol–water partition coefficient (Wildman–Crippen LogP) is 3.02. The van der Waals surface area contributed by atoms with E-state index in [1.807, 2.05) is 6.20 Å². The molecule has 2 fully saturated rings. The summed E-state index contributed by atoms with van der Waals surface area (Å²) >= 11 is 3.44. The van der Waals surface area contributed by atoms with Gasteiger partial charge in [0.25, 0.3) is 0 Å². The first kappa shape index (κ1) is 11.7. The Morgan fingerprint density at radius 1 is 1.41 bits per heavy atom. The molecule has 92 valence electrons. The number of fused-ring (bicyclic) bond motifs is 1. The summed E-state index contributed by atoms with van der Waals surface area (Å²) in [5.74, 6) is 2.05. The maximum Gasteiger partial charge on any atom is 0.0413 e. The minimum Gasteiger partial charge on any atom is -0.319 e. The number of halogens is 1. The number of hydrogen-bond acceptors (Lipinski definition) is 2. The molecule has 2 nitrogen and oxygen atoms in total. The number of nitrogens with one attached hydrogen (secondary N) is 1. The van der Waals surface area contributed by atoms with Gasteiger partial charge in [-0.3, -0.25) is 4.98 Å². The highest BCUT2D eigenvalue weighted by Gasteiger charge is 2.53. The van der Waals surface area contributed by atoms with Crippen molar-refractivity contribution in [3.63, 3.8) is 0 Å². The lowest BCUT2D eigenvalue weighted by Crippen LogP contribution is -2.33. The summed E-state index contributed by atoms with van der Waals surface area (Å²) in [7, 11) is 2.07. The van der Waals surface area contributed by atoms with Crippen molar-refractivity contribution >= 4 is 15.9 Å². The van der Waals surface area contributed by atoms with Gasteiger partial charge < -0.3 is 5.32 Å². The van der Waals surface area contributed by atoms with Crippen LogP contribution in [0.1, 0.15) is 25.0 Å². The summed E-state index contributed by atoms with van der Waals surface area (Å²) in [5, 5.41) is 3.39. The Morgan fingerprint density at radius 2 is 2.18 bits per heavy atom. The Morgan fingerprint density at radius 3 is 2.76 bits per heavy atom. The van der Waals surface area contributed by atoms with Crippen LogP contribution in [-0.2, 0) is 6.42 Å². The highest BCUT2D eigenvalue weighted by molar-refractivity contribution is 9.10. The summed E-state index contributed by atoms with van der Waals surface area (Å²) < 4.78 is 1.07. The number of nitrogens with zero attached hydrogens (tertiary/aromatic N) is 1. The van der Waals surface area contributed by atoms with Crippen molar-refractivity contribution in [3.05, 3.63) is 28.5 Å². The van der Waals surface area contributed by atoms with Crippen LogP contribution < -0.4 is 5.32 Å². The van der Waals surface area contributed by atoms with E-state index in [-0.39, 0.29) is 0 Å². The Balaban J connectivity index is 1.74. The van der Waals surface area contributed by atoms with E-state index in [4.69, 9.17) is 0 Å². The van der Waals surface area contributed by atoms with Crippen molar-refractivity contribution < 1.29 is 0 Å². The molecule has 3 heteroatoms. The second-order valence-electron chi connectivity index (χ2n) is 5.84. The lowest BCUT2D eigenvalue weighted by molar-refractivity contribution is 0.252. The second kappa shape index (κ2) is 4.36. The maximum absolute atomic E-state index is 4.53. The first-order chi connectivity index (χ1) is 8.21. The fraction of sp³-hybridized carbons (Fsp3) is 0.643. The van der Waals surface area contributed by atoms with Crippen LogP contribution in [0, 0.1) is 17.3 Å². The van der Waals surface area contributed by atoms with Gasteiger partial charge in [0.2, 0.25) is 0 Å². The van der Waals surface area contributed by atoms with E-state index in [0.717, 1.165) is 29.3 Å². The molecule has 0 aromatic carbocycles. The van der Waals surface area contributed by atoms with E-state index >= 15 is 0 Å². The average molecular weight is 295 g/mol. The summed E-state index contributed by atoms with van der Waals surface area (Å²) in [6.45, 7) is 1.14. The third-order valence-electron chi connectivity index (χ3n) is 4.36. The molecule has 3 rings (SSSR count). The molecule has 2 aliphatic carbocycles. The molecule has 0 saturated heterocycles. The van der Waals surface area contributed by atoms with Gasteiger partial charge in [0.05, 0.1) is 0 Å². The second-order valence-corrected chi connectivity index (χ2v) is 6.75. The van der Waals surface area contributed by atoms with Crippen LogP contribution in [0.15, 0.2) is 22.8 Å². The fourth-order valence-corrected chi connectivity index (χ4v) is 3.86.